The quantitative estimate of drug-likeness (QED) is 0.0149. The van der Waals surface area contributed by atoms with Gasteiger partial charge < -0.3 is 45.1 Å². The van der Waals surface area contributed by atoms with E-state index < -0.39 is 67.4 Å². The van der Waals surface area contributed by atoms with Gasteiger partial charge in [-0.25, -0.2) is 0 Å². The van der Waals surface area contributed by atoms with Crippen LogP contribution in [0.4, 0.5) is 0 Å². The lowest BCUT2D eigenvalue weighted by Gasteiger charge is -2.41. The monoisotopic (exact) mass is 948 g/mol. The van der Waals surface area contributed by atoms with Crippen molar-refractivity contribution in [3.8, 4) is 0 Å². The fourth-order valence-corrected chi connectivity index (χ4v) is 8.28. The summed E-state index contributed by atoms with van der Waals surface area (Å²) in [5, 5.41) is 56.6. The minimum absolute atomic E-state index is 0.108. The fourth-order valence-electron chi connectivity index (χ4n) is 8.28. The van der Waals surface area contributed by atoms with E-state index in [0.29, 0.717) is 12.8 Å². The number of hydrogen-bond donors (Lipinski definition) is 6. The van der Waals surface area contributed by atoms with E-state index in [1.807, 2.05) is 6.08 Å². The van der Waals surface area contributed by atoms with Crippen LogP contribution in [0, 0.1) is 0 Å². The first-order chi connectivity index (χ1) is 32.7. The van der Waals surface area contributed by atoms with Crippen molar-refractivity contribution in [1.29, 1.82) is 0 Å². The van der Waals surface area contributed by atoms with Crippen LogP contribution in [0.1, 0.15) is 233 Å². The normalized spacial score (nSPS) is 20.4. The summed E-state index contributed by atoms with van der Waals surface area (Å²) in [5.41, 5.74) is 0. The van der Waals surface area contributed by atoms with Crippen molar-refractivity contribution in [2.45, 2.75) is 282 Å². The van der Waals surface area contributed by atoms with Gasteiger partial charge in [0.15, 0.2) is 12.4 Å². The third-order valence-electron chi connectivity index (χ3n) is 12.7. The van der Waals surface area contributed by atoms with E-state index in [1.165, 1.54) is 103 Å². The number of aliphatic hydroxyl groups excluding tert-OH is 5. The minimum Gasteiger partial charge on any atom is -0.454 e. The molecule has 0 aromatic carbocycles. The summed E-state index contributed by atoms with van der Waals surface area (Å²) in [7, 11) is 0. The van der Waals surface area contributed by atoms with E-state index in [0.717, 1.165) is 83.5 Å². The van der Waals surface area contributed by atoms with Crippen LogP contribution >= 0.6 is 0 Å². The van der Waals surface area contributed by atoms with Crippen LogP contribution in [0.25, 0.3) is 0 Å². The molecule has 0 radical (unpaired) electrons. The number of aliphatic hydroxyl groups is 5. The fraction of sp³-hybridized carbons (Fsp3) is 0.821. The van der Waals surface area contributed by atoms with Crippen molar-refractivity contribution >= 4 is 11.9 Å². The molecule has 11 nitrogen and oxygen atoms in total. The summed E-state index contributed by atoms with van der Waals surface area (Å²) in [6.07, 6.45) is 41.6. The number of esters is 1. The highest BCUT2D eigenvalue weighted by atomic mass is 16.7. The molecule has 1 heterocycles. The third-order valence-corrected chi connectivity index (χ3v) is 12.7. The highest BCUT2D eigenvalue weighted by Crippen LogP contribution is 2.26. The van der Waals surface area contributed by atoms with Gasteiger partial charge in [-0.1, -0.05) is 198 Å². The second-order valence-corrected chi connectivity index (χ2v) is 19.0. The van der Waals surface area contributed by atoms with E-state index in [4.69, 9.17) is 14.2 Å². The van der Waals surface area contributed by atoms with Crippen LogP contribution in [-0.2, 0) is 23.8 Å². The average Bonchev–Trinajstić information content (AvgIpc) is 3.32. The van der Waals surface area contributed by atoms with Gasteiger partial charge in [-0.15, -0.1) is 0 Å². The average molecular weight is 948 g/mol. The molecule has 1 fully saturated rings. The molecule has 0 aromatic heterocycles. The summed E-state index contributed by atoms with van der Waals surface area (Å²) in [6.45, 7) is 5.70. The van der Waals surface area contributed by atoms with Crippen molar-refractivity contribution in [2.24, 2.45) is 0 Å². The molecule has 6 N–H and O–H groups in total. The molecular formula is C56H101NO10. The molecule has 11 heteroatoms. The van der Waals surface area contributed by atoms with Gasteiger partial charge in [0.05, 0.1) is 25.4 Å². The van der Waals surface area contributed by atoms with Crippen molar-refractivity contribution < 1.29 is 49.3 Å². The molecule has 67 heavy (non-hydrogen) atoms. The van der Waals surface area contributed by atoms with Gasteiger partial charge in [-0.3, -0.25) is 9.59 Å². The highest BCUT2D eigenvalue weighted by Gasteiger charge is 2.47. The molecule has 1 rings (SSSR count). The molecule has 0 bridgehead atoms. The lowest BCUT2D eigenvalue weighted by atomic mass is 9.99. The van der Waals surface area contributed by atoms with Gasteiger partial charge in [0.2, 0.25) is 5.91 Å². The number of unbranched alkanes of at least 4 members (excludes halogenated alkanes) is 26. The smallest absolute Gasteiger partial charge is 0.306 e. The molecule has 1 aliphatic rings. The van der Waals surface area contributed by atoms with Crippen LogP contribution in [0.2, 0.25) is 0 Å². The number of allylic oxidation sites excluding steroid dienone is 7. The summed E-state index contributed by atoms with van der Waals surface area (Å²) in [4.78, 5) is 26.4. The van der Waals surface area contributed by atoms with Crippen LogP contribution in [-0.4, -0.2) is 99.6 Å². The number of ether oxygens (including phenoxy) is 3. The van der Waals surface area contributed by atoms with E-state index in [-0.39, 0.29) is 19.4 Å². The Labute approximate surface area is 408 Å². The third kappa shape index (κ3) is 33.7. The first-order valence-corrected chi connectivity index (χ1v) is 27.4. The molecule has 1 aliphatic heterocycles. The van der Waals surface area contributed by atoms with Crippen LogP contribution < -0.4 is 5.32 Å². The Kier molecular flexibility index (Phi) is 41.9. The molecule has 1 saturated heterocycles. The van der Waals surface area contributed by atoms with Crippen molar-refractivity contribution in [2.75, 3.05) is 13.2 Å². The summed E-state index contributed by atoms with van der Waals surface area (Å²) in [5.74, 6) is -1.22. The van der Waals surface area contributed by atoms with Gasteiger partial charge in [0.1, 0.15) is 24.4 Å². The first kappa shape index (κ1) is 62.6. The summed E-state index contributed by atoms with van der Waals surface area (Å²) >= 11 is 0. The van der Waals surface area contributed by atoms with Crippen molar-refractivity contribution in [1.82, 2.24) is 5.32 Å². The summed E-state index contributed by atoms with van der Waals surface area (Å²) in [6, 6.07) is -1.03. The number of carbonyl (C=O) groups excluding carboxylic acids is 2. The molecular weight excluding hydrogens is 847 g/mol. The Morgan fingerprint density at radius 3 is 1.57 bits per heavy atom. The largest absolute Gasteiger partial charge is 0.454 e. The Morgan fingerprint density at radius 1 is 0.582 bits per heavy atom. The molecule has 0 saturated carbocycles. The maximum Gasteiger partial charge on any atom is 0.306 e. The van der Waals surface area contributed by atoms with E-state index >= 15 is 0 Å². The SMILES string of the molecule is CCCCC/C=C/C=C/CCCCCCCCC(=O)OC1C(OCC(NC(=O)C(O)CCCC/C=C\CCCCCCCC)C(O)/C=C/CCCCCCCCCCC)OC(CO)C(O)C1O. The zero-order chi connectivity index (χ0) is 49.0. The Bertz CT molecular complexity index is 1270. The number of amides is 1. The molecule has 0 spiro atoms. The second kappa shape index (κ2) is 44.8. The van der Waals surface area contributed by atoms with Crippen LogP contribution in [0.5, 0.6) is 0 Å². The van der Waals surface area contributed by atoms with Gasteiger partial charge in [0.25, 0.3) is 0 Å². The van der Waals surface area contributed by atoms with E-state index in [1.54, 1.807) is 6.08 Å². The van der Waals surface area contributed by atoms with E-state index in [9.17, 15) is 35.1 Å². The van der Waals surface area contributed by atoms with E-state index in [2.05, 4.69) is 62.5 Å². The van der Waals surface area contributed by atoms with Gasteiger partial charge in [0, 0.05) is 6.42 Å². The van der Waals surface area contributed by atoms with Gasteiger partial charge >= 0.3 is 5.97 Å². The number of carbonyl (C=O) groups is 2. The Morgan fingerprint density at radius 2 is 1.03 bits per heavy atom. The molecule has 0 aliphatic carbocycles. The van der Waals surface area contributed by atoms with Crippen molar-refractivity contribution in [3.05, 3.63) is 48.6 Å². The molecule has 1 amide bonds. The second-order valence-electron chi connectivity index (χ2n) is 19.0. The topological polar surface area (TPSA) is 175 Å². The summed E-state index contributed by atoms with van der Waals surface area (Å²) < 4.78 is 17.5. The molecule has 8 atom stereocenters. The molecule has 8 unspecified atom stereocenters. The zero-order valence-electron chi connectivity index (χ0n) is 42.8. The first-order valence-electron chi connectivity index (χ1n) is 27.4. The predicted molar refractivity (Wildman–Crippen MR) is 273 cm³/mol. The number of nitrogens with one attached hydrogen (secondary N) is 1. The lowest BCUT2D eigenvalue weighted by Crippen LogP contribution is -2.61. The minimum atomic E-state index is -1.62. The van der Waals surface area contributed by atoms with Crippen molar-refractivity contribution in [3.63, 3.8) is 0 Å². The Balaban J connectivity index is 2.77. The maximum absolute atomic E-state index is 13.3. The highest BCUT2D eigenvalue weighted by molar-refractivity contribution is 5.80. The Hall–Kier alpha value is -2.38. The standard InChI is InChI=1S/C56H101NO10/c1-4-7-10-13-16-19-22-24-25-26-29-32-35-38-41-44-51(61)67-54-53(63)52(62)50(45-58)66-56(54)65-46-47(48(59)42-39-36-33-30-27-21-18-15-12-9-6-3)57-55(64)49(60)43-40-37-34-31-28-23-20-17-14-11-8-5-2/h16,19,22,24,28,31,39,42,47-50,52-54,56,58-60,62-63H,4-15,17-18,20-21,23,25-27,29-30,32-38,40-41,43-46H2,1-3H3,(H,57,64)/b19-16+,24-22+,31-28-,42-39+. The van der Waals surface area contributed by atoms with Crippen LogP contribution in [0.15, 0.2) is 48.6 Å². The molecule has 0 aromatic rings. The lowest BCUT2D eigenvalue weighted by molar-refractivity contribution is -0.305. The number of rotatable bonds is 45. The van der Waals surface area contributed by atoms with Gasteiger partial charge in [-0.2, -0.15) is 0 Å². The van der Waals surface area contributed by atoms with Gasteiger partial charge in [-0.05, 0) is 77.0 Å². The zero-order valence-corrected chi connectivity index (χ0v) is 42.8. The number of hydrogen-bond acceptors (Lipinski definition) is 10. The molecule has 390 valence electrons. The van der Waals surface area contributed by atoms with Crippen LogP contribution in [0.3, 0.4) is 0 Å². The predicted octanol–water partition coefficient (Wildman–Crippen LogP) is 11.7. The maximum atomic E-state index is 13.3.